The first-order valence-electron chi connectivity index (χ1n) is 13.0. The third-order valence-electron chi connectivity index (χ3n) is 7.34. The Morgan fingerprint density at radius 1 is 1.12 bits per heavy atom. The molecule has 2 amide bonds. The number of nitrogens with zero attached hydrogens (tertiary/aromatic N) is 4. The molecule has 1 saturated carbocycles. The minimum Gasteiger partial charge on any atom is -0.353 e. The molecule has 1 N–H and O–H groups in total. The molecule has 17 heteroatoms. The Bertz CT molecular complexity index is 1410. The Balaban J connectivity index is 1.76. The molecule has 1 aliphatic carbocycles. The number of benzene rings is 1. The predicted octanol–water partition coefficient (Wildman–Crippen LogP) is 6.93. The van der Waals surface area contributed by atoms with Crippen LogP contribution in [0, 0.1) is 17.3 Å². The number of pyridine rings is 1. The van der Waals surface area contributed by atoms with Gasteiger partial charge in [0, 0.05) is 37.2 Å². The number of amides is 2. The van der Waals surface area contributed by atoms with Crippen molar-refractivity contribution in [2.24, 2.45) is 0 Å². The van der Waals surface area contributed by atoms with E-state index >= 15 is 0 Å². The summed E-state index contributed by atoms with van der Waals surface area (Å²) in [6.07, 6.45) is -0.483. The van der Waals surface area contributed by atoms with E-state index in [1.807, 2.05) is 0 Å². The van der Waals surface area contributed by atoms with Gasteiger partial charge in [0.1, 0.15) is 22.9 Å². The van der Waals surface area contributed by atoms with Gasteiger partial charge in [-0.2, -0.15) is 5.26 Å². The van der Waals surface area contributed by atoms with Gasteiger partial charge >= 0.3 is 10.2 Å². The molecule has 3 atom stereocenters. The van der Waals surface area contributed by atoms with Crippen LogP contribution >= 0.6 is 10.2 Å². The molecule has 1 unspecified atom stereocenters. The van der Waals surface area contributed by atoms with Crippen molar-refractivity contribution >= 4 is 27.7 Å². The lowest BCUT2D eigenvalue weighted by molar-refractivity contribution is -0.124. The SMILES string of the molecule is N#CN1C[C@H](F)C[C@@H]1C(=O)N(c1ccc(S(F)(F)(F)(F)F)cc1)C(CC(=O)NC1CCC(F)(F)CC1)c1cncc(F)c1. The van der Waals surface area contributed by atoms with Crippen LogP contribution in [0.2, 0.25) is 0 Å². The number of rotatable bonds is 8. The summed E-state index contributed by atoms with van der Waals surface area (Å²) in [6.45, 7) is -0.483. The number of likely N-dealkylation sites (tertiary alicyclic amines) is 1. The van der Waals surface area contributed by atoms with Gasteiger partial charge in [0.2, 0.25) is 11.8 Å². The summed E-state index contributed by atoms with van der Waals surface area (Å²) in [4.78, 5) is 30.0. The lowest BCUT2D eigenvalue weighted by Gasteiger charge is -2.41. The van der Waals surface area contributed by atoms with E-state index < -0.39 is 101 Å². The Labute approximate surface area is 240 Å². The number of carbonyl (C=O) groups excluding carboxylic acids is 2. The molecule has 1 aliphatic heterocycles. The van der Waals surface area contributed by atoms with Gasteiger partial charge in [-0.15, -0.1) is 0 Å². The second-order valence-corrected chi connectivity index (χ2v) is 13.0. The molecule has 2 aromatic rings. The van der Waals surface area contributed by atoms with Crippen molar-refractivity contribution in [3.8, 4) is 6.19 Å². The number of hydrogen-bond donors (Lipinski definition) is 1. The summed E-state index contributed by atoms with van der Waals surface area (Å²) < 4.78 is 123. The fraction of sp³-hybridized carbons (Fsp3) is 0.462. The van der Waals surface area contributed by atoms with E-state index in [9.17, 15) is 51.8 Å². The molecule has 43 heavy (non-hydrogen) atoms. The topological polar surface area (TPSA) is 89.3 Å². The van der Waals surface area contributed by atoms with Gasteiger partial charge in [0.25, 0.3) is 5.91 Å². The highest BCUT2D eigenvalue weighted by molar-refractivity contribution is 8.45. The van der Waals surface area contributed by atoms with E-state index in [-0.39, 0.29) is 30.5 Å². The Kier molecular flexibility index (Phi) is 8.09. The van der Waals surface area contributed by atoms with Crippen LogP contribution in [-0.2, 0) is 9.59 Å². The molecule has 2 heterocycles. The lowest BCUT2D eigenvalue weighted by atomic mass is 9.92. The highest BCUT2D eigenvalue weighted by atomic mass is 32.5. The predicted molar refractivity (Wildman–Crippen MR) is 138 cm³/mol. The molecule has 4 rings (SSSR count). The first-order chi connectivity index (χ1) is 19.8. The molecule has 0 spiro atoms. The molecular formula is C26H26F9N5O2S. The quantitative estimate of drug-likeness (QED) is 0.249. The van der Waals surface area contributed by atoms with Crippen molar-refractivity contribution in [1.82, 2.24) is 15.2 Å². The summed E-state index contributed by atoms with van der Waals surface area (Å²) >= 11 is 0. The van der Waals surface area contributed by atoms with Crippen LogP contribution in [0.4, 0.5) is 42.7 Å². The molecule has 7 nitrogen and oxygen atoms in total. The van der Waals surface area contributed by atoms with Crippen LogP contribution in [-0.4, -0.2) is 52.4 Å². The maximum absolute atomic E-state index is 14.3. The van der Waals surface area contributed by atoms with Crippen LogP contribution < -0.4 is 10.2 Å². The second kappa shape index (κ2) is 10.8. The average molecular weight is 644 g/mol. The number of nitriles is 1. The van der Waals surface area contributed by atoms with Crippen molar-refractivity contribution in [3.63, 3.8) is 0 Å². The Morgan fingerprint density at radius 3 is 2.30 bits per heavy atom. The number of anilines is 1. The zero-order valence-corrected chi connectivity index (χ0v) is 23.0. The van der Waals surface area contributed by atoms with Crippen molar-refractivity contribution in [2.75, 3.05) is 11.4 Å². The number of alkyl halides is 3. The first-order valence-corrected chi connectivity index (χ1v) is 15.0. The van der Waals surface area contributed by atoms with Crippen molar-refractivity contribution in [2.45, 2.75) is 73.6 Å². The molecule has 236 valence electrons. The maximum atomic E-state index is 14.3. The number of carbonyl (C=O) groups is 2. The van der Waals surface area contributed by atoms with Gasteiger partial charge in [0.05, 0.1) is 25.2 Å². The van der Waals surface area contributed by atoms with Crippen molar-refractivity contribution in [1.29, 1.82) is 5.26 Å². The number of nitrogens with one attached hydrogen (secondary N) is 1. The van der Waals surface area contributed by atoms with E-state index in [1.165, 1.54) is 0 Å². The van der Waals surface area contributed by atoms with E-state index in [1.54, 1.807) is 6.19 Å². The molecule has 2 fully saturated rings. The van der Waals surface area contributed by atoms with Crippen LogP contribution in [0.15, 0.2) is 47.6 Å². The van der Waals surface area contributed by atoms with Crippen LogP contribution in [0.25, 0.3) is 0 Å². The highest BCUT2D eigenvalue weighted by Gasteiger charge is 2.65. The summed E-state index contributed by atoms with van der Waals surface area (Å²) in [7, 11) is -10.1. The number of hydrogen-bond acceptors (Lipinski definition) is 5. The zero-order valence-electron chi connectivity index (χ0n) is 22.2. The first kappa shape index (κ1) is 32.2. The number of aromatic nitrogens is 1. The van der Waals surface area contributed by atoms with E-state index in [2.05, 4.69) is 10.3 Å². The smallest absolute Gasteiger partial charge is 0.310 e. The van der Waals surface area contributed by atoms with E-state index in [0.29, 0.717) is 17.0 Å². The third-order valence-corrected chi connectivity index (χ3v) is 8.51. The molecule has 1 saturated heterocycles. The molecular weight excluding hydrogens is 617 g/mol. The van der Waals surface area contributed by atoms with Crippen LogP contribution in [0.1, 0.15) is 50.1 Å². The minimum atomic E-state index is -10.1. The third kappa shape index (κ3) is 7.84. The van der Waals surface area contributed by atoms with Gasteiger partial charge in [0.15, 0.2) is 6.19 Å². The lowest BCUT2D eigenvalue weighted by Crippen LogP contribution is -2.48. The summed E-state index contributed by atoms with van der Waals surface area (Å²) in [5.41, 5.74) is -0.594. The van der Waals surface area contributed by atoms with Crippen molar-refractivity contribution < 1.29 is 46.6 Å². The molecule has 0 bridgehead atoms. The van der Waals surface area contributed by atoms with Gasteiger partial charge in [-0.05, 0) is 48.7 Å². The second-order valence-electron chi connectivity index (χ2n) is 10.6. The Morgan fingerprint density at radius 2 is 1.74 bits per heavy atom. The monoisotopic (exact) mass is 643 g/mol. The summed E-state index contributed by atoms with van der Waals surface area (Å²) in [5.74, 6) is -5.72. The minimum absolute atomic E-state index is 0.0367. The van der Waals surface area contributed by atoms with Crippen LogP contribution in [0.5, 0.6) is 0 Å². The standard InChI is InChI=1S/C26H26F9N5O2S/c27-17-9-16(12-37-13-17)22(11-24(41)38-19-5-7-26(29,30)8-6-19)40(25(42)23-10-18(28)14-39(23)15-36)20-1-3-21(4-2-20)43(31,32,33,34)35/h1-4,9,12-13,18-19,22-23H,5-8,10-11,14H2,(H,38,41)/t18-,22?,23-/m1/s1. The van der Waals surface area contributed by atoms with Gasteiger partial charge in [-0.3, -0.25) is 19.5 Å². The van der Waals surface area contributed by atoms with Gasteiger partial charge < -0.3 is 10.2 Å². The van der Waals surface area contributed by atoms with Crippen molar-refractivity contribution in [3.05, 3.63) is 54.1 Å². The van der Waals surface area contributed by atoms with Crippen LogP contribution in [0.3, 0.4) is 0 Å². The Hall–Kier alpha value is -3.68. The fourth-order valence-corrected chi connectivity index (χ4v) is 5.88. The maximum Gasteiger partial charge on any atom is 0.310 e. The van der Waals surface area contributed by atoms with Gasteiger partial charge in [-0.25, -0.2) is 17.6 Å². The normalized spacial score (nSPS) is 23.0. The highest BCUT2D eigenvalue weighted by Crippen LogP contribution is 3.02. The number of halogens is 9. The van der Waals surface area contributed by atoms with E-state index in [4.69, 9.17) is 0 Å². The average Bonchev–Trinajstić information content (AvgIpc) is 3.29. The fourth-order valence-electron chi connectivity index (χ4n) is 5.23. The molecule has 1 aromatic carbocycles. The zero-order chi connectivity index (χ0) is 31.9. The molecule has 1 aromatic heterocycles. The largest absolute Gasteiger partial charge is 0.353 e. The molecule has 0 radical (unpaired) electrons. The summed E-state index contributed by atoms with van der Waals surface area (Å²) in [5, 5.41) is 12.0. The van der Waals surface area contributed by atoms with Gasteiger partial charge in [-0.1, -0.05) is 19.4 Å². The summed E-state index contributed by atoms with van der Waals surface area (Å²) in [6, 6.07) is -1.67. The molecule has 2 aliphatic rings. The van der Waals surface area contributed by atoms with E-state index in [0.717, 1.165) is 23.4 Å².